The van der Waals surface area contributed by atoms with Crippen LogP contribution in [0.5, 0.6) is 5.75 Å². The summed E-state index contributed by atoms with van der Waals surface area (Å²) < 4.78 is 16.5. The third-order valence-electron chi connectivity index (χ3n) is 4.33. The first-order valence-corrected chi connectivity index (χ1v) is 9.26. The number of Topliss-reactive ketones (excluding diaryl/α,β-unsaturated/α-hetero) is 1. The summed E-state index contributed by atoms with van der Waals surface area (Å²) in [5.74, 6) is -0.181. The topological polar surface area (TPSA) is 61.8 Å². The summed E-state index contributed by atoms with van der Waals surface area (Å²) in [7, 11) is 0. The van der Waals surface area contributed by atoms with E-state index in [9.17, 15) is 9.59 Å². The van der Waals surface area contributed by atoms with Crippen LogP contribution in [0.4, 0.5) is 0 Å². The first-order valence-electron chi connectivity index (χ1n) is 8.88. The zero-order chi connectivity index (χ0) is 19.2. The lowest BCUT2D eigenvalue weighted by Gasteiger charge is -2.13. The molecular weight excluding hydrogens is 368 g/mol. The average Bonchev–Trinajstić information content (AvgIpc) is 3.20. The fourth-order valence-electron chi connectivity index (χ4n) is 2.78. The Morgan fingerprint density at radius 2 is 1.78 bits per heavy atom. The number of halogens is 1. The van der Waals surface area contributed by atoms with Crippen LogP contribution in [0.25, 0.3) is 0 Å². The zero-order valence-corrected chi connectivity index (χ0v) is 15.8. The molecule has 1 aliphatic rings. The van der Waals surface area contributed by atoms with E-state index in [2.05, 4.69) is 0 Å². The first kappa shape index (κ1) is 19.4. The Bertz CT molecular complexity index is 779. The van der Waals surface area contributed by atoms with E-state index < -0.39 is 12.1 Å². The van der Waals surface area contributed by atoms with Crippen LogP contribution >= 0.6 is 11.6 Å². The lowest BCUT2D eigenvalue weighted by molar-refractivity contribution is 0.0318. The van der Waals surface area contributed by atoms with Crippen molar-refractivity contribution < 1.29 is 23.8 Å². The van der Waals surface area contributed by atoms with Crippen molar-refractivity contribution in [3.8, 4) is 5.75 Å². The molecular formula is C21H21ClO5. The molecule has 142 valence electrons. The number of ether oxygens (including phenoxy) is 3. The van der Waals surface area contributed by atoms with Gasteiger partial charge in [-0.25, -0.2) is 4.79 Å². The van der Waals surface area contributed by atoms with E-state index in [1.54, 1.807) is 55.5 Å². The summed E-state index contributed by atoms with van der Waals surface area (Å²) in [6.07, 6.45) is 1.30. The number of hydrogen-bond donors (Lipinski definition) is 0. The normalized spacial score (nSPS) is 17.3. The minimum absolute atomic E-state index is 0.134. The lowest BCUT2D eigenvalue weighted by Crippen LogP contribution is -2.24. The summed E-state index contributed by atoms with van der Waals surface area (Å²) in [5, 5.41) is 0.540. The van der Waals surface area contributed by atoms with E-state index in [4.69, 9.17) is 25.8 Å². The number of carbonyl (C=O) groups is 2. The van der Waals surface area contributed by atoms with Crippen LogP contribution < -0.4 is 4.74 Å². The van der Waals surface area contributed by atoms with Crippen molar-refractivity contribution >= 4 is 23.4 Å². The Morgan fingerprint density at radius 3 is 2.41 bits per heavy atom. The number of carbonyl (C=O) groups excluding carboxylic acids is 2. The minimum atomic E-state index is -0.894. The lowest BCUT2D eigenvalue weighted by atomic mass is 10.1. The molecule has 1 heterocycles. The largest absolute Gasteiger partial charge is 0.491 e. The van der Waals surface area contributed by atoms with Gasteiger partial charge < -0.3 is 14.2 Å². The molecule has 0 N–H and O–H groups in total. The SMILES string of the molecule is C[C@@H](OC(=O)c1ccc(OC[C@H]2CCCO2)cc1)C(=O)c1ccc(Cl)cc1. The van der Waals surface area contributed by atoms with Crippen molar-refractivity contribution in [1.82, 2.24) is 0 Å². The number of ketones is 1. The molecule has 5 nitrogen and oxygen atoms in total. The Kier molecular flexibility index (Phi) is 6.48. The monoisotopic (exact) mass is 388 g/mol. The third-order valence-corrected chi connectivity index (χ3v) is 4.58. The average molecular weight is 389 g/mol. The van der Waals surface area contributed by atoms with Crippen LogP contribution in [-0.2, 0) is 9.47 Å². The predicted molar refractivity (Wildman–Crippen MR) is 102 cm³/mol. The molecule has 2 aromatic rings. The minimum Gasteiger partial charge on any atom is -0.491 e. The second kappa shape index (κ2) is 9.02. The molecule has 0 radical (unpaired) electrons. The molecule has 1 saturated heterocycles. The number of rotatable bonds is 7. The first-order chi connectivity index (χ1) is 13.0. The fraction of sp³-hybridized carbons (Fsp3) is 0.333. The van der Waals surface area contributed by atoms with Gasteiger partial charge in [0.25, 0.3) is 0 Å². The van der Waals surface area contributed by atoms with Gasteiger partial charge in [0.05, 0.1) is 11.7 Å². The van der Waals surface area contributed by atoms with E-state index in [1.807, 2.05) is 0 Å². The van der Waals surface area contributed by atoms with Crippen LogP contribution in [0.2, 0.25) is 5.02 Å². The van der Waals surface area contributed by atoms with E-state index in [0.29, 0.717) is 28.5 Å². The van der Waals surface area contributed by atoms with Gasteiger partial charge in [0, 0.05) is 17.2 Å². The van der Waals surface area contributed by atoms with Crippen molar-refractivity contribution in [2.75, 3.05) is 13.2 Å². The van der Waals surface area contributed by atoms with Crippen molar-refractivity contribution in [2.24, 2.45) is 0 Å². The fourth-order valence-corrected chi connectivity index (χ4v) is 2.91. The molecule has 0 aromatic heterocycles. The Morgan fingerprint density at radius 1 is 1.11 bits per heavy atom. The standard InChI is InChI=1S/C21H21ClO5/c1-14(20(23)15-4-8-17(22)9-5-15)27-21(24)16-6-10-18(11-7-16)26-13-19-3-2-12-25-19/h4-11,14,19H,2-3,12-13H2,1H3/t14-,19-/m1/s1. The van der Waals surface area contributed by atoms with Crippen LogP contribution in [0.15, 0.2) is 48.5 Å². The van der Waals surface area contributed by atoms with Gasteiger partial charge in [0.1, 0.15) is 12.4 Å². The second-order valence-electron chi connectivity index (χ2n) is 6.39. The molecule has 27 heavy (non-hydrogen) atoms. The van der Waals surface area contributed by atoms with Gasteiger partial charge in [-0.15, -0.1) is 0 Å². The van der Waals surface area contributed by atoms with Gasteiger partial charge in [-0.05, 0) is 68.3 Å². The number of hydrogen-bond acceptors (Lipinski definition) is 5. The van der Waals surface area contributed by atoms with Crippen LogP contribution in [-0.4, -0.2) is 37.2 Å². The maximum Gasteiger partial charge on any atom is 0.338 e. The highest BCUT2D eigenvalue weighted by Crippen LogP contribution is 2.18. The molecule has 6 heteroatoms. The highest BCUT2D eigenvalue weighted by molar-refractivity contribution is 6.30. The van der Waals surface area contributed by atoms with Gasteiger partial charge in [-0.3, -0.25) is 4.79 Å². The highest BCUT2D eigenvalue weighted by atomic mass is 35.5. The van der Waals surface area contributed by atoms with Crippen molar-refractivity contribution in [3.63, 3.8) is 0 Å². The maximum absolute atomic E-state index is 12.3. The molecule has 0 saturated carbocycles. The summed E-state index contributed by atoms with van der Waals surface area (Å²) in [6.45, 7) is 2.83. The molecule has 2 atom stereocenters. The van der Waals surface area contributed by atoms with Crippen molar-refractivity contribution in [2.45, 2.75) is 32.0 Å². The van der Waals surface area contributed by atoms with Gasteiger partial charge in [-0.1, -0.05) is 11.6 Å². The van der Waals surface area contributed by atoms with Gasteiger partial charge in [-0.2, -0.15) is 0 Å². The number of benzene rings is 2. The Balaban J connectivity index is 1.53. The molecule has 0 aliphatic carbocycles. The molecule has 0 amide bonds. The van der Waals surface area contributed by atoms with Crippen LogP contribution in [0, 0.1) is 0 Å². The summed E-state index contributed by atoms with van der Waals surface area (Å²) in [6, 6.07) is 13.1. The van der Waals surface area contributed by atoms with E-state index >= 15 is 0 Å². The number of esters is 1. The quantitative estimate of drug-likeness (QED) is 0.522. The van der Waals surface area contributed by atoms with Gasteiger partial charge in [0.2, 0.25) is 5.78 Å². The van der Waals surface area contributed by atoms with E-state index in [1.165, 1.54) is 0 Å². The molecule has 3 rings (SSSR count). The molecule has 2 aromatic carbocycles. The van der Waals surface area contributed by atoms with Crippen LogP contribution in [0.3, 0.4) is 0 Å². The summed E-state index contributed by atoms with van der Waals surface area (Å²) >= 11 is 5.82. The smallest absolute Gasteiger partial charge is 0.338 e. The summed E-state index contributed by atoms with van der Waals surface area (Å²) in [5.41, 5.74) is 0.799. The van der Waals surface area contributed by atoms with E-state index in [-0.39, 0.29) is 11.9 Å². The Hall–Kier alpha value is -2.37. The predicted octanol–water partition coefficient (Wildman–Crippen LogP) is 4.33. The molecule has 1 fully saturated rings. The molecule has 1 aliphatic heterocycles. The highest BCUT2D eigenvalue weighted by Gasteiger charge is 2.21. The molecule has 0 bridgehead atoms. The van der Waals surface area contributed by atoms with Crippen molar-refractivity contribution in [1.29, 1.82) is 0 Å². The third kappa shape index (κ3) is 5.31. The summed E-state index contributed by atoms with van der Waals surface area (Å²) in [4.78, 5) is 24.6. The van der Waals surface area contributed by atoms with E-state index in [0.717, 1.165) is 19.4 Å². The van der Waals surface area contributed by atoms with Gasteiger partial charge in [0.15, 0.2) is 6.10 Å². The molecule has 0 unspecified atom stereocenters. The van der Waals surface area contributed by atoms with Crippen LogP contribution in [0.1, 0.15) is 40.5 Å². The second-order valence-corrected chi connectivity index (χ2v) is 6.83. The van der Waals surface area contributed by atoms with Gasteiger partial charge >= 0.3 is 5.97 Å². The molecule has 0 spiro atoms. The maximum atomic E-state index is 12.3. The Labute approximate surface area is 163 Å². The van der Waals surface area contributed by atoms with Crippen molar-refractivity contribution in [3.05, 3.63) is 64.7 Å². The zero-order valence-electron chi connectivity index (χ0n) is 15.0.